The fourth-order valence-electron chi connectivity index (χ4n) is 6.49. The molecule has 0 radical (unpaired) electrons. The van der Waals surface area contributed by atoms with Crippen LogP contribution in [-0.4, -0.2) is 51.9 Å². The van der Waals surface area contributed by atoms with E-state index in [1.54, 1.807) is 0 Å². The van der Waals surface area contributed by atoms with Gasteiger partial charge >= 0.3 is 11.5 Å². The van der Waals surface area contributed by atoms with Crippen LogP contribution in [0.2, 0.25) is 0 Å². The van der Waals surface area contributed by atoms with Crippen molar-refractivity contribution in [2.75, 3.05) is 12.4 Å². The molecule has 2 amide bonds. The standard InChI is InChI=1S/C29H30F4N2O7S/c1-41-22-13-21(30)23(42-18-7-14(8-18)9-24(36)37)12-20(22)27(38)35-26-16-6-5-15(10-16)25(26)28(39)34-17-3-2-4-19(11-17)43(40)29(31,32)33/h2-4,11-16,18,25-26H,5-10H2,1H3,(H,34,39)(H,35,38)(H,36,37)/t14?,15-,16+,18?,25-,26+,43?/m0/s1. The molecule has 3 saturated carbocycles. The molecule has 232 valence electrons. The molecule has 3 aliphatic rings. The number of amides is 2. The van der Waals surface area contributed by atoms with Gasteiger partial charge in [0.15, 0.2) is 22.4 Å². The molecule has 14 heteroatoms. The van der Waals surface area contributed by atoms with Crippen molar-refractivity contribution in [3.8, 4) is 11.5 Å². The van der Waals surface area contributed by atoms with Crippen LogP contribution >= 0.6 is 0 Å². The van der Waals surface area contributed by atoms with Gasteiger partial charge in [0.1, 0.15) is 5.75 Å². The highest BCUT2D eigenvalue weighted by Crippen LogP contribution is 2.49. The molecule has 0 heterocycles. The van der Waals surface area contributed by atoms with Crippen LogP contribution in [0, 0.1) is 29.5 Å². The number of alkyl halides is 3. The zero-order chi connectivity index (χ0) is 31.1. The Morgan fingerprint density at radius 3 is 2.44 bits per heavy atom. The first kappa shape index (κ1) is 30.8. The molecule has 3 aliphatic carbocycles. The Balaban J connectivity index is 1.30. The summed E-state index contributed by atoms with van der Waals surface area (Å²) in [6, 6.07) is 6.40. The molecule has 1 unspecified atom stereocenters. The van der Waals surface area contributed by atoms with E-state index in [1.807, 2.05) is 0 Å². The zero-order valence-electron chi connectivity index (χ0n) is 23.0. The fraction of sp³-hybridized carbons (Fsp3) is 0.483. The van der Waals surface area contributed by atoms with E-state index in [0.717, 1.165) is 31.0 Å². The number of halogens is 4. The molecular weight excluding hydrogens is 596 g/mol. The maximum Gasteiger partial charge on any atom is 0.475 e. The van der Waals surface area contributed by atoms with E-state index in [2.05, 4.69) is 10.6 Å². The minimum Gasteiger partial charge on any atom is -0.496 e. The molecule has 5 atom stereocenters. The lowest BCUT2D eigenvalue weighted by Gasteiger charge is -2.34. The van der Waals surface area contributed by atoms with Crippen LogP contribution in [0.4, 0.5) is 23.2 Å². The molecule has 0 aromatic heterocycles. The summed E-state index contributed by atoms with van der Waals surface area (Å²) in [5, 5.41) is 14.5. The fourth-order valence-corrected chi connectivity index (χ4v) is 7.19. The summed E-state index contributed by atoms with van der Waals surface area (Å²) in [5.41, 5.74) is -4.91. The number of carboxylic acids is 1. The van der Waals surface area contributed by atoms with Crippen LogP contribution in [0.25, 0.3) is 0 Å². The predicted octanol–water partition coefficient (Wildman–Crippen LogP) is 4.88. The zero-order valence-corrected chi connectivity index (χ0v) is 23.8. The minimum absolute atomic E-state index is 0.00456. The van der Waals surface area contributed by atoms with Crippen molar-refractivity contribution in [3.05, 3.63) is 47.8 Å². The summed E-state index contributed by atoms with van der Waals surface area (Å²) < 4.78 is 76.3. The predicted molar refractivity (Wildman–Crippen MR) is 145 cm³/mol. The lowest BCUT2D eigenvalue weighted by molar-refractivity contribution is -0.139. The van der Waals surface area contributed by atoms with Gasteiger partial charge in [-0.05, 0) is 74.1 Å². The first-order valence-electron chi connectivity index (χ1n) is 13.8. The van der Waals surface area contributed by atoms with E-state index < -0.39 is 62.9 Å². The molecule has 0 spiro atoms. The number of anilines is 1. The normalized spacial score (nSPS) is 26.7. The number of rotatable bonds is 10. The van der Waals surface area contributed by atoms with Crippen molar-refractivity contribution in [1.82, 2.24) is 5.32 Å². The molecule has 43 heavy (non-hydrogen) atoms. The first-order valence-corrected chi connectivity index (χ1v) is 15.0. The molecule has 3 fully saturated rings. The molecule has 2 bridgehead atoms. The van der Waals surface area contributed by atoms with Crippen LogP contribution in [0.1, 0.15) is 48.9 Å². The van der Waals surface area contributed by atoms with Crippen LogP contribution < -0.4 is 20.1 Å². The number of carbonyl (C=O) groups excluding carboxylic acids is 2. The van der Waals surface area contributed by atoms with E-state index in [1.165, 1.54) is 25.3 Å². The summed E-state index contributed by atoms with van der Waals surface area (Å²) in [6.45, 7) is 0. The largest absolute Gasteiger partial charge is 0.496 e. The number of nitrogens with one attached hydrogen (secondary N) is 2. The third-order valence-corrected chi connectivity index (χ3v) is 9.59. The second kappa shape index (κ2) is 12.1. The number of aliphatic carboxylic acids is 1. The van der Waals surface area contributed by atoms with Gasteiger partial charge in [-0.15, -0.1) is 0 Å². The highest BCUT2D eigenvalue weighted by molar-refractivity contribution is 7.86. The second-order valence-corrected chi connectivity index (χ2v) is 12.7. The van der Waals surface area contributed by atoms with Crippen molar-refractivity contribution in [1.29, 1.82) is 0 Å². The van der Waals surface area contributed by atoms with Gasteiger partial charge in [0, 0.05) is 29.1 Å². The third kappa shape index (κ3) is 6.63. The van der Waals surface area contributed by atoms with Gasteiger partial charge in [-0.3, -0.25) is 14.4 Å². The molecular formula is C29H30F4N2O7S. The van der Waals surface area contributed by atoms with Crippen molar-refractivity contribution in [2.24, 2.45) is 23.7 Å². The number of fused-ring (bicyclic) bond motifs is 2. The lowest BCUT2D eigenvalue weighted by Crippen LogP contribution is -2.48. The highest BCUT2D eigenvalue weighted by Gasteiger charge is 2.51. The molecule has 2 aromatic carbocycles. The first-order chi connectivity index (χ1) is 20.3. The number of carboxylic acid groups (broad SMARTS) is 1. The Morgan fingerprint density at radius 2 is 1.77 bits per heavy atom. The van der Waals surface area contributed by atoms with Crippen molar-refractivity contribution in [2.45, 2.75) is 61.1 Å². The Morgan fingerprint density at radius 1 is 1.05 bits per heavy atom. The number of hydrogen-bond donors (Lipinski definition) is 3. The average molecular weight is 627 g/mol. The summed E-state index contributed by atoms with van der Waals surface area (Å²) in [5.74, 6) is -3.81. The van der Waals surface area contributed by atoms with Crippen molar-refractivity contribution < 1.29 is 50.7 Å². The second-order valence-electron chi connectivity index (χ2n) is 11.2. The molecule has 9 nitrogen and oxygen atoms in total. The summed E-state index contributed by atoms with van der Waals surface area (Å²) >= 11 is 0. The maximum atomic E-state index is 14.8. The van der Waals surface area contributed by atoms with E-state index in [-0.39, 0.29) is 46.9 Å². The van der Waals surface area contributed by atoms with Crippen LogP contribution in [0.5, 0.6) is 11.5 Å². The van der Waals surface area contributed by atoms with E-state index >= 15 is 0 Å². The van der Waals surface area contributed by atoms with E-state index in [4.69, 9.17) is 14.6 Å². The summed E-state index contributed by atoms with van der Waals surface area (Å²) in [6.07, 6.45) is 2.67. The Labute approximate surface area is 246 Å². The number of methoxy groups -OCH3 is 1. The Kier molecular flexibility index (Phi) is 8.68. The highest BCUT2D eigenvalue weighted by atomic mass is 32.2. The topological polar surface area (TPSA) is 131 Å². The third-order valence-electron chi connectivity index (χ3n) is 8.49. The van der Waals surface area contributed by atoms with Gasteiger partial charge in [0.2, 0.25) is 5.91 Å². The monoisotopic (exact) mass is 626 g/mol. The van der Waals surface area contributed by atoms with E-state index in [9.17, 15) is 36.2 Å². The van der Waals surface area contributed by atoms with Gasteiger partial charge in [-0.1, -0.05) is 6.07 Å². The molecule has 0 aliphatic heterocycles. The Hall–Kier alpha value is -3.68. The molecule has 5 rings (SSSR count). The van der Waals surface area contributed by atoms with Gasteiger partial charge < -0.3 is 25.2 Å². The smallest absolute Gasteiger partial charge is 0.475 e. The van der Waals surface area contributed by atoms with Gasteiger partial charge in [0.25, 0.3) is 5.91 Å². The Bertz CT molecular complexity index is 1450. The van der Waals surface area contributed by atoms with Crippen LogP contribution in [-0.2, 0) is 20.4 Å². The van der Waals surface area contributed by atoms with E-state index in [0.29, 0.717) is 19.3 Å². The lowest BCUT2D eigenvalue weighted by atomic mass is 9.80. The number of hydrogen-bond acceptors (Lipinski definition) is 6. The van der Waals surface area contributed by atoms with Gasteiger partial charge in [-0.25, -0.2) is 8.60 Å². The SMILES string of the molecule is COc1cc(F)c(OC2CC(CC(=O)O)C2)cc1C(=O)N[C@@H]1[C@@H]2CC[C@@H](C2)[C@@H]1C(=O)Nc1cccc(S(=O)C(F)(F)F)c1. The molecule has 3 N–H and O–H groups in total. The molecule has 0 saturated heterocycles. The number of benzene rings is 2. The molecule has 2 aromatic rings. The van der Waals surface area contributed by atoms with Gasteiger partial charge in [0.05, 0.1) is 24.7 Å². The number of carbonyl (C=O) groups is 3. The van der Waals surface area contributed by atoms with Crippen LogP contribution in [0.3, 0.4) is 0 Å². The average Bonchev–Trinajstić information content (AvgIpc) is 3.53. The summed E-state index contributed by atoms with van der Waals surface area (Å²) in [4.78, 5) is 37.3. The van der Waals surface area contributed by atoms with Crippen molar-refractivity contribution >= 4 is 34.3 Å². The minimum atomic E-state index is -4.95. The number of ether oxygens (including phenoxy) is 2. The summed E-state index contributed by atoms with van der Waals surface area (Å²) in [7, 11) is -1.98. The van der Waals surface area contributed by atoms with Gasteiger partial charge in [-0.2, -0.15) is 13.2 Å². The maximum absolute atomic E-state index is 14.8. The quantitative estimate of drug-likeness (QED) is 0.321. The van der Waals surface area contributed by atoms with Crippen LogP contribution in [0.15, 0.2) is 41.3 Å². The van der Waals surface area contributed by atoms with Crippen molar-refractivity contribution in [3.63, 3.8) is 0 Å².